The zero-order chi connectivity index (χ0) is 20.9. The number of benzene rings is 1. The average Bonchev–Trinajstić information content (AvgIpc) is 2.80. The van der Waals surface area contributed by atoms with E-state index in [2.05, 4.69) is 0 Å². The van der Waals surface area contributed by atoms with Crippen LogP contribution >= 0.6 is 0 Å². The molecule has 4 rings (SSSR count). The molecule has 2 N–H and O–H groups in total. The molecule has 1 aromatic carbocycles. The second-order valence-electron chi connectivity index (χ2n) is 9.92. The fourth-order valence-corrected chi connectivity index (χ4v) is 19.1. The molecule has 0 heterocycles. The Morgan fingerprint density at radius 1 is 0.633 bits per heavy atom. The van der Waals surface area contributed by atoms with Gasteiger partial charge in [0.15, 0.2) is 0 Å². The van der Waals surface area contributed by atoms with E-state index in [4.69, 9.17) is 6.33 Å². The monoisotopic (exact) mass is 468 g/mol. The van der Waals surface area contributed by atoms with Gasteiger partial charge in [0, 0.05) is 0 Å². The van der Waals surface area contributed by atoms with E-state index in [1.807, 2.05) is 18.2 Å². The van der Waals surface area contributed by atoms with Crippen molar-refractivity contribution in [2.75, 3.05) is 0 Å². The van der Waals surface area contributed by atoms with Crippen molar-refractivity contribution in [3.05, 3.63) is 30.3 Å². The fourth-order valence-electron chi connectivity index (χ4n) is 6.80. The van der Waals surface area contributed by atoms with E-state index in [1.165, 1.54) is 96.3 Å². The topological polar surface area (TPSA) is 58.9 Å². The predicted octanol–water partition coefficient (Wildman–Crippen LogP) is 6.83. The number of rotatable bonds is 7. The Morgan fingerprint density at radius 2 is 1.03 bits per heavy atom. The molecule has 6 heteroatoms. The third-order valence-electron chi connectivity index (χ3n) is 8.03. The van der Waals surface area contributed by atoms with E-state index in [0.717, 1.165) is 0 Å². The van der Waals surface area contributed by atoms with Crippen LogP contribution in [0.5, 0.6) is 5.75 Å². The molecule has 0 saturated heterocycles. The number of hydrogen-bond donors (Lipinski definition) is 2. The zero-order valence-electron chi connectivity index (χ0n) is 18.4. The van der Waals surface area contributed by atoms with Gasteiger partial charge >= 0.3 is 189 Å². The fraction of sp³-hybridized carbons (Fsp3) is 0.750. The first kappa shape index (κ1) is 23.0. The summed E-state index contributed by atoms with van der Waals surface area (Å²) in [6.07, 6.45) is 19.0. The van der Waals surface area contributed by atoms with Gasteiger partial charge in [0.25, 0.3) is 0 Å². The van der Waals surface area contributed by atoms with Crippen molar-refractivity contribution in [2.24, 2.45) is 0 Å². The number of para-hydroxylation sites is 1. The third-order valence-corrected chi connectivity index (χ3v) is 17.9. The molecule has 168 valence electrons. The van der Waals surface area contributed by atoms with E-state index in [9.17, 15) is 7.38 Å². The molecule has 0 unspecified atom stereocenters. The van der Waals surface area contributed by atoms with Crippen LogP contribution in [0.4, 0.5) is 0 Å². The summed E-state index contributed by atoms with van der Waals surface area (Å²) in [6.45, 7) is 0. The van der Waals surface area contributed by atoms with Crippen LogP contribution in [-0.4, -0.2) is 15.7 Å². The van der Waals surface area contributed by atoms with E-state index in [0.29, 0.717) is 22.4 Å². The van der Waals surface area contributed by atoms with Crippen LogP contribution in [0.2, 0.25) is 16.6 Å². The standard InChI is InChI=1S/C18H33OSi.C6H6O.2H2O.Ti/c19-20(16-10-4-1-5-11-16,17-12-6-2-7-13-17)18-14-8-3-9-15-18;7-6-4-2-1-3-5-6;;;/h16-18H,1-15H2;1-5,7H;2*1H2;/q-1;;;;+4/p-3. The molecule has 0 amide bonds. The van der Waals surface area contributed by atoms with Gasteiger partial charge in [-0.15, -0.1) is 0 Å². The van der Waals surface area contributed by atoms with Gasteiger partial charge in [-0.1, -0.05) is 0 Å². The van der Waals surface area contributed by atoms with Gasteiger partial charge in [0.1, 0.15) is 0 Å². The number of hydrogen-bond acceptors (Lipinski definition) is 4. The molecule has 3 aliphatic rings. The maximum absolute atomic E-state index is 11.2. The molecule has 3 aliphatic carbocycles. The van der Waals surface area contributed by atoms with Gasteiger partial charge in [-0.25, -0.2) is 0 Å². The summed E-state index contributed by atoms with van der Waals surface area (Å²) in [5.41, 5.74) is 1.71. The van der Waals surface area contributed by atoms with Crippen LogP contribution in [0.1, 0.15) is 96.3 Å². The van der Waals surface area contributed by atoms with Crippen molar-refractivity contribution in [3.63, 3.8) is 0 Å². The van der Waals surface area contributed by atoms with E-state index < -0.39 is 26.5 Å². The Hall–Kier alpha value is -0.169. The molecule has 0 spiro atoms. The summed E-state index contributed by atoms with van der Waals surface area (Å²) >= 11 is -4.87. The molecule has 0 aliphatic heterocycles. The first-order valence-electron chi connectivity index (χ1n) is 12.5. The maximum atomic E-state index is 11.2. The molecule has 0 atom stereocenters. The molecule has 3 fully saturated rings. The normalized spacial score (nSPS) is 23.4. The van der Waals surface area contributed by atoms with Crippen molar-refractivity contribution in [2.45, 2.75) is 113 Å². The molecular formula is C24H40O4SiTi. The minimum absolute atomic E-state index is 0.529. The van der Waals surface area contributed by atoms with Crippen LogP contribution < -0.4 is 3.32 Å². The Bertz CT molecular complexity index is 592. The minimum atomic E-state index is -4.87. The van der Waals surface area contributed by atoms with Crippen LogP contribution in [0, 0.1) is 0 Å². The third kappa shape index (κ3) is 5.41. The van der Waals surface area contributed by atoms with E-state index in [1.54, 1.807) is 12.1 Å². The quantitative estimate of drug-likeness (QED) is 0.431. The Balaban J connectivity index is 1.67. The van der Waals surface area contributed by atoms with Gasteiger partial charge in [-0.3, -0.25) is 0 Å². The van der Waals surface area contributed by atoms with Crippen LogP contribution in [0.25, 0.3) is 0 Å². The molecule has 0 bridgehead atoms. The molecule has 1 aromatic rings. The van der Waals surface area contributed by atoms with E-state index in [-0.39, 0.29) is 0 Å². The molecule has 30 heavy (non-hydrogen) atoms. The first-order valence-corrected chi connectivity index (χ1v) is 17.3. The average molecular weight is 469 g/mol. The molecular weight excluding hydrogens is 428 g/mol. The summed E-state index contributed by atoms with van der Waals surface area (Å²) in [7, 11) is -2.42. The van der Waals surface area contributed by atoms with Gasteiger partial charge in [0.2, 0.25) is 0 Å². The van der Waals surface area contributed by atoms with Crippen molar-refractivity contribution in [3.8, 4) is 5.75 Å². The molecule has 4 nitrogen and oxygen atoms in total. The molecule has 3 saturated carbocycles. The summed E-state index contributed by atoms with van der Waals surface area (Å²) < 4.78 is 35.2. The van der Waals surface area contributed by atoms with Crippen molar-refractivity contribution < 1.29 is 31.8 Å². The van der Waals surface area contributed by atoms with Crippen LogP contribution in [-0.2, 0) is 21.1 Å². The predicted molar refractivity (Wildman–Crippen MR) is 119 cm³/mol. The first-order chi connectivity index (χ1) is 14.6. The Morgan fingerprint density at radius 3 is 1.43 bits per heavy atom. The van der Waals surface area contributed by atoms with Crippen molar-refractivity contribution in [1.29, 1.82) is 0 Å². The SMILES string of the molecule is [OH][Ti]([OH])([O]c1ccccc1)[O][Si](C1CCCCC1)(C1CCCCC1)C1CCCCC1. The van der Waals surface area contributed by atoms with E-state index >= 15 is 0 Å². The summed E-state index contributed by atoms with van der Waals surface area (Å²) in [4.78, 5) is 0. The van der Waals surface area contributed by atoms with Crippen molar-refractivity contribution in [1.82, 2.24) is 0 Å². The van der Waals surface area contributed by atoms with Crippen molar-refractivity contribution >= 4 is 8.32 Å². The summed E-state index contributed by atoms with van der Waals surface area (Å²) in [5.74, 6) is 0.529. The van der Waals surface area contributed by atoms with Gasteiger partial charge < -0.3 is 0 Å². The van der Waals surface area contributed by atoms with Gasteiger partial charge in [-0.05, 0) is 0 Å². The second kappa shape index (κ2) is 10.6. The van der Waals surface area contributed by atoms with Crippen LogP contribution in [0.3, 0.4) is 0 Å². The Kier molecular flexibility index (Phi) is 8.15. The summed E-state index contributed by atoms with van der Waals surface area (Å²) in [5, 5.41) is 0. The second-order valence-corrected chi connectivity index (χ2v) is 17.3. The van der Waals surface area contributed by atoms with Gasteiger partial charge in [0.05, 0.1) is 0 Å². The van der Waals surface area contributed by atoms with Gasteiger partial charge in [-0.2, -0.15) is 0 Å². The molecule has 0 radical (unpaired) electrons. The zero-order valence-corrected chi connectivity index (χ0v) is 21.0. The molecule has 0 aromatic heterocycles. The Labute approximate surface area is 188 Å². The summed E-state index contributed by atoms with van der Waals surface area (Å²) in [6, 6.07) is 9.29. The van der Waals surface area contributed by atoms with Crippen LogP contribution in [0.15, 0.2) is 30.3 Å².